The van der Waals surface area contributed by atoms with Crippen LogP contribution in [0.2, 0.25) is 0 Å². The first-order chi connectivity index (χ1) is 9.19. The van der Waals surface area contributed by atoms with E-state index in [0.717, 1.165) is 19.3 Å². The molecule has 1 amide bonds. The van der Waals surface area contributed by atoms with Crippen LogP contribution >= 0.6 is 0 Å². The van der Waals surface area contributed by atoms with Crippen LogP contribution in [0.4, 0.5) is 0 Å². The minimum Gasteiger partial charge on any atom is -0.394 e. The van der Waals surface area contributed by atoms with Gasteiger partial charge in [0.25, 0.3) is 0 Å². The number of amides is 1. The molecule has 1 aromatic rings. The minimum atomic E-state index is -0.888. The Balaban J connectivity index is 2.51. The van der Waals surface area contributed by atoms with Crippen LogP contribution in [-0.2, 0) is 4.79 Å². The van der Waals surface area contributed by atoms with Crippen LogP contribution in [0.1, 0.15) is 44.3 Å². The number of rotatable bonds is 8. The molecule has 0 bridgehead atoms. The molecule has 1 rings (SSSR count). The molecule has 3 N–H and O–H groups in total. The van der Waals surface area contributed by atoms with Crippen LogP contribution in [0.25, 0.3) is 0 Å². The summed E-state index contributed by atoms with van der Waals surface area (Å²) in [7, 11) is 0. The Hall–Kier alpha value is -1.39. The summed E-state index contributed by atoms with van der Waals surface area (Å²) in [6.45, 7) is 1.79. The number of hydrogen-bond acceptors (Lipinski definition) is 3. The van der Waals surface area contributed by atoms with Gasteiger partial charge in [-0.05, 0) is 12.0 Å². The largest absolute Gasteiger partial charge is 0.394 e. The van der Waals surface area contributed by atoms with Crippen molar-refractivity contribution in [3.63, 3.8) is 0 Å². The van der Waals surface area contributed by atoms with Gasteiger partial charge in [-0.25, -0.2) is 0 Å². The number of aliphatic hydroxyl groups is 2. The van der Waals surface area contributed by atoms with Gasteiger partial charge in [0.1, 0.15) is 6.10 Å². The third-order valence-electron chi connectivity index (χ3n) is 3.07. The number of hydrogen-bond donors (Lipinski definition) is 3. The second-order valence-corrected chi connectivity index (χ2v) is 4.67. The molecule has 19 heavy (non-hydrogen) atoms. The van der Waals surface area contributed by atoms with E-state index in [-0.39, 0.29) is 12.5 Å². The van der Waals surface area contributed by atoms with Gasteiger partial charge in [0.2, 0.25) is 5.91 Å². The predicted octanol–water partition coefficient (Wildman–Crippen LogP) is 1.78. The molecule has 2 atom stereocenters. The maximum absolute atomic E-state index is 11.7. The molecule has 0 unspecified atom stereocenters. The molecule has 0 aliphatic rings. The number of unbranched alkanes of at least 4 members (excludes halogenated alkanes) is 2. The molecule has 0 aliphatic carbocycles. The predicted molar refractivity (Wildman–Crippen MR) is 74.6 cm³/mol. The van der Waals surface area contributed by atoms with Gasteiger partial charge in [0.05, 0.1) is 12.6 Å². The monoisotopic (exact) mass is 265 g/mol. The molecule has 0 saturated carbocycles. The Kier molecular flexibility index (Phi) is 7.15. The van der Waals surface area contributed by atoms with Gasteiger partial charge in [-0.3, -0.25) is 4.79 Å². The van der Waals surface area contributed by atoms with E-state index in [1.807, 2.05) is 18.2 Å². The number of benzene rings is 1. The number of carbonyl (C=O) groups excluding carboxylic acids is 1. The maximum Gasteiger partial charge on any atom is 0.220 e. The highest BCUT2D eigenvalue weighted by molar-refractivity contribution is 5.76. The van der Waals surface area contributed by atoms with Crippen LogP contribution in [0.5, 0.6) is 0 Å². The highest BCUT2D eigenvalue weighted by atomic mass is 16.3. The molecule has 4 nitrogen and oxygen atoms in total. The lowest BCUT2D eigenvalue weighted by Gasteiger charge is -2.22. The molecule has 0 aromatic heterocycles. The Morgan fingerprint density at radius 3 is 2.53 bits per heavy atom. The molecule has 0 fully saturated rings. The maximum atomic E-state index is 11.7. The first-order valence-corrected chi connectivity index (χ1v) is 6.82. The molecule has 106 valence electrons. The van der Waals surface area contributed by atoms with Crippen molar-refractivity contribution >= 4 is 5.91 Å². The van der Waals surface area contributed by atoms with E-state index in [1.165, 1.54) is 0 Å². The summed E-state index contributed by atoms with van der Waals surface area (Å²) in [6, 6.07) is 8.38. The van der Waals surface area contributed by atoms with Crippen molar-refractivity contribution < 1.29 is 15.0 Å². The number of carbonyl (C=O) groups is 1. The molecule has 0 heterocycles. The normalized spacial score (nSPS) is 13.8. The van der Waals surface area contributed by atoms with E-state index in [2.05, 4.69) is 12.2 Å². The fraction of sp³-hybridized carbons (Fsp3) is 0.533. The summed E-state index contributed by atoms with van der Waals surface area (Å²) in [5, 5.41) is 22.1. The minimum absolute atomic E-state index is 0.123. The van der Waals surface area contributed by atoms with E-state index in [0.29, 0.717) is 12.0 Å². The third-order valence-corrected chi connectivity index (χ3v) is 3.07. The quantitative estimate of drug-likeness (QED) is 0.627. The van der Waals surface area contributed by atoms with Crippen LogP contribution in [0, 0.1) is 0 Å². The highest BCUT2D eigenvalue weighted by Gasteiger charge is 2.21. The number of aliphatic hydroxyl groups excluding tert-OH is 2. The Morgan fingerprint density at radius 1 is 1.26 bits per heavy atom. The standard InChI is InChI=1S/C15H23NO3/c1-2-3-5-10-14(18)16-13(11-17)15(19)12-8-6-4-7-9-12/h4,6-9,13,15,17,19H,2-3,5,10-11H2,1H3,(H,16,18)/t13-,15-/m0/s1. The van der Waals surface area contributed by atoms with Crippen molar-refractivity contribution in [2.45, 2.75) is 44.8 Å². The fourth-order valence-electron chi connectivity index (χ4n) is 1.92. The molecule has 0 radical (unpaired) electrons. The van der Waals surface area contributed by atoms with Crippen LogP contribution in [-0.4, -0.2) is 28.8 Å². The molecule has 0 spiro atoms. The van der Waals surface area contributed by atoms with Gasteiger partial charge in [0, 0.05) is 6.42 Å². The molecule has 0 aliphatic heterocycles. The topological polar surface area (TPSA) is 69.6 Å². The second kappa shape index (κ2) is 8.67. The smallest absolute Gasteiger partial charge is 0.220 e. The van der Waals surface area contributed by atoms with Gasteiger partial charge < -0.3 is 15.5 Å². The van der Waals surface area contributed by atoms with Crippen molar-refractivity contribution in [3.8, 4) is 0 Å². The van der Waals surface area contributed by atoms with E-state index >= 15 is 0 Å². The zero-order chi connectivity index (χ0) is 14.1. The molecule has 0 saturated heterocycles. The SMILES string of the molecule is CCCCCC(=O)N[C@@H](CO)[C@@H](O)c1ccccc1. The van der Waals surface area contributed by atoms with E-state index in [1.54, 1.807) is 12.1 Å². The first kappa shape index (κ1) is 15.7. The van der Waals surface area contributed by atoms with Gasteiger partial charge in [-0.15, -0.1) is 0 Å². The van der Waals surface area contributed by atoms with Crippen LogP contribution < -0.4 is 5.32 Å². The summed E-state index contributed by atoms with van der Waals surface area (Å²) >= 11 is 0. The molecule has 4 heteroatoms. The van der Waals surface area contributed by atoms with Gasteiger partial charge >= 0.3 is 0 Å². The number of nitrogens with one attached hydrogen (secondary N) is 1. The van der Waals surface area contributed by atoms with Crippen molar-refractivity contribution in [2.24, 2.45) is 0 Å². The summed E-state index contributed by atoms with van der Waals surface area (Å²) in [5.41, 5.74) is 0.690. The fourth-order valence-corrected chi connectivity index (χ4v) is 1.92. The van der Waals surface area contributed by atoms with Crippen LogP contribution in [0.15, 0.2) is 30.3 Å². The van der Waals surface area contributed by atoms with Gasteiger partial charge in [0.15, 0.2) is 0 Å². The van der Waals surface area contributed by atoms with Gasteiger partial charge in [-0.1, -0.05) is 50.1 Å². The third kappa shape index (κ3) is 5.41. The van der Waals surface area contributed by atoms with Crippen molar-refractivity contribution in [3.05, 3.63) is 35.9 Å². The molecule has 1 aromatic carbocycles. The zero-order valence-corrected chi connectivity index (χ0v) is 11.4. The summed E-state index contributed by atoms with van der Waals surface area (Å²) in [6.07, 6.45) is 2.46. The lowest BCUT2D eigenvalue weighted by Crippen LogP contribution is -2.41. The Bertz CT molecular complexity index is 367. The summed E-state index contributed by atoms with van der Waals surface area (Å²) in [5.74, 6) is -0.123. The zero-order valence-electron chi connectivity index (χ0n) is 11.4. The van der Waals surface area contributed by atoms with Crippen molar-refractivity contribution in [2.75, 3.05) is 6.61 Å². The lowest BCUT2D eigenvalue weighted by molar-refractivity contribution is -0.123. The van der Waals surface area contributed by atoms with Crippen molar-refractivity contribution in [1.82, 2.24) is 5.32 Å². The highest BCUT2D eigenvalue weighted by Crippen LogP contribution is 2.16. The summed E-state index contributed by atoms with van der Waals surface area (Å²) < 4.78 is 0. The molecular formula is C15H23NO3. The Morgan fingerprint density at radius 2 is 1.95 bits per heavy atom. The first-order valence-electron chi connectivity index (χ1n) is 6.82. The van der Waals surface area contributed by atoms with E-state index in [4.69, 9.17) is 0 Å². The molecular weight excluding hydrogens is 242 g/mol. The Labute approximate surface area is 114 Å². The average molecular weight is 265 g/mol. The lowest BCUT2D eigenvalue weighted by atomic mass is 10.0. The van der Waals surface area contributed by atoms with E-state index in [9.17, 15) is 15.0 Å². The van der Waals surface area contributed by atoms with E-state index < -0.39 is 12.1 Å². The van der Waals surface area contributed by atoms with Crippen molar-refractivity contribution in [1.29, 1.82) is 0 Å². The summed E-state index contributed by atoms with van der Waals surface area (Å²) in [4.78, 5) is 11.7. The van der Waals surface area contributed by atoms with Gasteiger partial charge in [-0.2, -0.15) is 0 Å². The second-order valence-electron chi connectivity index (χ2n) is 4.67. The van der Waals surface area contributed by atoms with Crippen LogP contribution in [0.3, 0.4) is 0 Å². The average Bonchev–Trinajstić information content (AvgIpc) is 2.45.